The summed E-state index contributed by atoms with van der Waals surface area (Å²) < 4.78 is 20.1. The molecule has 0 spiro atoms. The second kappa shape index (κ2) is 6.58. The standard InChI is InChI=1S/C19H19ClFNOS/c1-22-8-6-12(7-9-22)19-15-10-13(20)2-5-17(15)24-18-11-14(21)3-4-16(18)23-19/h2-5,10-12,19H,6-9H2,1H3/t19-/m1/s1. The summed E-state index contributed by atoms with van der Waals surface area (Å²) in [7, 11) is 2.16. The van der Waals surface area contributed by atoms with E-state index in [1.54, 1.807) is 23.9 Å². The third kappa shape index (κ3) is 3.15. The zero-order chi connectivity index (χ0) is 16.7. The minimum absolute atomic E-state index is 0.0355. The van der Waals surface area contributed by atoms with E-state index in [0.717, 1.165) is 47.0 Å². The molecule has 24 heavy (non-hydrogen) atoms. The molecule has 2 nitrogen and oxygen atoms in total. The maximum Gasteiger partial charge on any atom is 0.134 e. The van der Waals surface area contributed by atoms with Gasteiger partial charge in [-0.05, 0) is 69.4 Å². The fourth-order valence-corrected chi connectivity index (χ4v) is 4.73. The predicted molar refractivity (Wildman–Crippen MR) is 95.6 cm³/mol. The summed E-state index contributed by atoms with van der Waals surface area (Å²) in [4.78, 5) is 4.28. The van der Waals surface area contributed by atoms with Gasteiger partial charge in [0.05, 0.1) is 4.90 Å². The molecule has 1 saturated heterocycles. The molecule has 0 radical (unpaired) electrons. The van der Waals surface area contributed by atoms with Gasteiger partial charge in [-0.3, -0.25) is 0 Å². The number of piperidine rings is 1. The van der Waals surface area contributed by atoms with E-state index in [4.69, 9.17) is 16.3 Å². The van der Waals surface area contributed by atoms with Crippen LogP contribution in [0, 0.1) is 11.7 Å². The highest BCUT2D eigenvalue weighted by atomic mass is 35.5. The number of benzene rings is 2. The van der Waals surface area contributed by atoms with Crippen molar-refractivity contribution in [3.63, 3.8) is 0 Å². The van der Waals surface area contributed by atoms with Crippen LogP contribution in [0.4, 0.5) is 4.39 Å². The summed E-state index contributed by atoms with van der Waals surface area (Å²) >= 11 is 7.82. The summed E-state index contributed by atoms with van der Waals surface area (Å²) in [5.74, 6) is 0.964. The van der Waals surface area contributed by atoms with Gasteiger partial charge < -0.3 is 9.64 Å². The van der Waals surface area contributed by atoms with Crippen molar-refractivity contribution < 1.29 is 9.13 Å². The SMILES string of the molecule is CN1CCC([C@H]2Oc3ccc(F)cc3Sc3ccc(Cl)cc32)CC1. The van der Waals surface area contributed by atoms with E-state index >= 15 is 0 Å². The van der Waals surface area contributed by atoms with Crippen LogP contribution in [-0.4, -0.2) is 25.0 Å². The van der Waals surface area contributed by atoms with Gasteiger partial charge in [0.25, 0.3) is 0 Å². The maximum atomic E-state index is 13.7. The van der Waals surface area contributed by atoms with Crippen molar-refractivity contribution in [3.8, 4) is 5.75 Å². The largest absolute Gasteiger partial charge is 0.484 e. The Morgan fingerprint density at radius 3 is 2.71 bits per heavy atom. The van der Waals surface area contributed by atoms with Crippen LogP contribution in [0.1, 0.15) is 24.5 Å². The molecular formula is C19H19ClFNOS. The molecule has 0 aliphatic carbocycles. The number of hydrogen-bond donors (Lipinski definition) is 0. The molecule has 0 amide bonds. The minimum atomic E-state index is -0.238. The topological polar surface area (TPSA) is 12.5 Å². The number of likely N-dealkylation sites (tertiary alicyclic amines) is 1. The second-order valence-electron chi connectivity index (χ2n) is 6.55. The number of halogens is 2. The van der Waals surface area contributed by atoms with Crippen LogP contribution in [0.5, 0.6) is 5.75 Å². The van der Waals surface area contributed by atoms with Crippen molar-refractivity contribution in [2.45, 2.75) is 28.7 Å². The molecule has 4 rings (SSSR count). The number of nitrogens with zero attached hydrogens (tertiary/aromatic N) is 1. The highest BCUT2D eigenvalue weighted by molar-refractivity contribution is 7.99. The first-order chi connectivity index (χ1) is 11.6. The highest BCUT2D eigenvalue weighted by Crippen LogP contribution is 2.48. The molecule has 1 atom stereocenters. The van der Waals surface area contributed by atoms with Crippen LogP contribution < -0.4 is 4.74 Å². The predicted octanol–water partition coefficient (Wildman–Crippen LogP) is 5.41. The Hall–Kier alpha value is -1.23. The normalized spacial score (nSPS) is 21.5. The molecule has 2 aliphatic heterocycles. The fraction of sp³-hybridized carbons (Fsp3) is 0.368. The van der Waals surface area contributed by atoms with E-state index in [1.165, 1.54) is 6.07 Å². The lowest BCUT2D eigenvalue weighted by Gasteiger charge is -2.34. The average molecular weight is 364 g/mol. The van der Waals surface area contributed by atoms with Crippen molar-refractivity contribution in [1.82, 2.24) is 4.90 Å². The summed E-state index contributed by atoms with van der Waals surface area (Å²) in [6.07, 6.45) is 2.15. The molecule has 1 fully saturated rings. The second-order valence-corrected chi connectivity index (χ2v) is 8.07. The Kier molecular flexibility index (Phi) is 4.46. The van der Waals surface area contributed by atoms with E-state index in [-0.39, 0.29) is 11.9 Å². The van der Waals surface area contributed by atoms with Crippen LogP contribution in [-0.2, 0) is 0 Å². The van der Waals surface area contributed by atoms with Crippen LogP contribution in [0.3, 0.4) is 0 Å². The smallest absolute Gasteiger partial charge is 0.134 e. The maximum absolute atomic E-state index is 13.7. The summed E-state index contributed by atoms with van der Waals surface area (Å²) in [6.45, 7) is 2.15. The van der Waals surface area contributed by atoms with Crippen molar-refractivity contribution in [1.29, 1.82) is 0 Å². The molecule has 0 aromatic heterocycles. The van der Waals surface area contributed by atoms with Crippen LogP contribution in [0.25, 0.3) is 0 Å². The van der Waals surface area contributed by atoms with Gasteiger partial charge in [0, 0.05) is 21.4 Å². The van der Waals surface area contributed by atoms with Gasteiger partial charge in [0.15, 0.2) is 0 Å². The van der Waals surface area contributed by atoms with E-state index < -0.39 is 0 Å². The van der Waals surface area contributed by atoms with Crippen LogP contribution in [0.15, 0.2) is 46.2 Å². The van der Waals surface area contributed by atoms with Gasteiger partial charge in [-0.1, -0.05) is 23.4 Å². The fourth-order valence-electron chi connectivity index (χ4n) is 3.49. The van der Waals surface area contributed by atoms with E-state index in [0.29, 0.717) is 10.9 Å². The summed E-state index contributed by atoms with van der Waals surface area (Å²) in [5.41, 5.74) is 1.12. The number of ether oxygens (including phenoxy) is 1. The first-order valence-corrected chi connectivity index (χ1v) is 9.41. The average Bonchev–Trinajstić information content (AvgIpc) is 2.72. The molecule has 5 heteroatoms. The van der Waals surface area contributed by atoms with Gasteiger partial charge in [0.1, 0.15) is 17.7 Å². The lowest BCUT2D eigenvalue weighted by atomic mass is 9.87. The summed E-state index contributed by atoms with van der Waals surface area (Å²) in [6, 6.07) is 10.7. The molecular weight excluding hydrogens is 345 g/mol. The molecule has 2 aromatic rings. The number of rotatable bonds is 1. The number of fused-ring (bicyclic) bond motifs is 2. The van der Waals surface area contributed by atoms with Crippen molar-refractivity contribution in [2.24, 2.45) is 5.92 Å². The first kappa shape index (κ1) is 16.2. The molecule has 0 N–H and O–H groups in total. The Labute approximate surface area is 150 Å². The van der Waals surface area contributed by atoms with Crippen LogP contribution >= 0.6 is 23.4 Å². The third-order valence-corrected chi connectivity index (χ3v) is 6.22. The van der Waals surface area contributed by atoms with Crippen LogP contribution in [0.2, 0.25) is 5.02 Å². The van der Waals surface area contributed by atoms with Crippen molar-refractivity contribution in [3.05, 3.63) is 52.8 Å². The molecule has 0 bridgehead atoms. The lowest BCUT2D eigenvalue weighted by molar-refractivity contribution is 0.0817. The van der Waals surface area contributed by atoms with E-state index in [9.17, 15) is 4.39 Å². The monoisotopic (exact) mass is 363 g/mol. The van der Waals surface area contributed by atoms with Gasteiger partial charge in [0.2, 0.25) is 0 Å². The van der Waals surface area contributed by atoms with Gasteiger partial charge in [-0.25, -0.2) is 4.39 Å². The Bertz CT molecular complexity index is 761. The lowest BCUT2D eigenvalue weighted by Crippen LogP contribution is -2.34. The zero-order valence-corrected chi connectivity index (χ0v) is 15.0. The quantitative estimate of drug-likeness (QED) is 0.672. The van der Waals surface area contributed by atoms with Gasteiger partial charge in [-0.15, -0.1) is 0 Å². The Balaban J connectivity index is 1.77. The minimum Gasteiger partial charge on any atom is -0.484 e. The molecule has 0 unspecified atom stereocenters. The van der Waals surface area contributed by atoms with E-state index in [2.05, 4.69) is 11.9 Å². The zero-order valence-electron chi connectivity index (χ0n) is 13.5. The Morgan fingerprint density at radius 2 is 1.92 bits per heavy atom. The van der Waals surface area contributed by atoms with Gasteiger partial charge >= 0.3 is 0 Å². The highest BCUT2D eigenvalue weighted by Gasteiger charge is 2.33. The van der Waals surface area contributed by atoms with Gasteiger partial charge in [-0.2, -0.15) is 0 Å². The molecule has 0 saturated carbocycles. The first-order valence-electron chi connectivity index (χ1n) is 8.22. The number of hydrogen-bond acceptors (Lipinski definition) is 3. The molecule has 2 aliphatic rings. The third-order valence-electron chi connectivity index (χ3n) is 4.85. The molecule has 126 valence electrons. The Morgan fingerprint density at radius 1 is 1.12 bits per heavy atom. The van der Waals surface area contributed by atoms with E-state index in [1.807, 2.05) is 18.2 Å². The summed E-state index contributed by atoms with van der Waals surface area (Å²) in [5, 5.41) is 0.716. The molecule has 2 aromatic carbocycles. The van der Waals surface area contributed by atoms with Crippen molar-refractivity contribution >= 4 is 23.4 Å². The molecule has 2 heterocycles. The van der Waals surface area contributed by atoms with Crippen molar-refractivity contribution in [2.75, 3.05) is 20.1 Å².